The minimum absolute atomic E-state index is 0.0279. The summed E-state index contributed by atoms with van der Waals surface area (Å²) in [7, 11) is 0. The van der Waals surface area contributed by atoms with Gasteiger partial charge in [-0.05, 0) is 73.2 Å². The zero-order valence-electron chi connectivity index (χ0n) is 17.5. The summed E-state index contributed by atoms with van der Waals surface area (Å²) < 4.78 is 0. The number of carbonyl (C=O) groups is 2. The standard InChI is InChI=1S/C23H36O5/c1-14-10-23(3)15(9-19(14)27)6-7-17-18(5-4-8-24)22(2,11-16(26)13-25)12-20(28)21(17)23/h9,14,17-18,20-21,24-25,28H,4-8,10-13H2,1-3H3/t14?,17-,18?,20-,21+,22?,23-/m0/s1. The second-order valence-electron chi connectivity index (χ2n) is 10.1. The van der Waals surface area contributed by atoms with E-state index in [1.54, 1.807) is 0 Å². The molecular formula is C23H36O5. The van der Waals surface area contributed by atoms with Crippen LogP contribution < -0.4 is 0 Å². The fraction of sp³-hybridized carbons (Fsp3) is 0.826. The normalized spacial score (nSPS) is 43.1. The molecular weight excluding hydrogens is 356 g/mol. The Bertz CT molecular complexity index is 655. The zero-order valence-corrected chi connectivity index (χ0v) is 17.5. The number of allylic oxidation sites excluding steroid dienone is 2. The Morgan fingerprint density at radius 3 is 2.61 bits per heavy atom. The van der Waals surface area contributed by atoms with Crippen molar-refractivity contribution in [1.82, 2.24) is 0 Å². The third kappa shape index (κ3) is 3.61. The van der Waals surface area contributed by atoms with E-state index in [9.17, 15) is 24.9 Å². The zero-order chi connectivity index (χ0) is 20.7. The van der Waals surface area contributed by atoms with Crippen molar-refractivity contribution in [2.24, 2.45) is 34.5 Å². The van der Waals surface area contributed by atoms with Crippen LogP contribution in [0.5, 0.6) is 0 Å². The molecule has 0 heterocycles. The van der Waals surface area contributed by atoms with Crippen molar-refractivity contribution < 1.29 is 24.9 Å². The van der Waals surface area contributed by atoms with Crippen LogP contribution in [-0.2, 0) is 9.59 Å². The largest absolute Gasteiger partial charge is 0.396 e. The molecule has 5 heteroatoms. The Morgan fingerprint density at radius 1 is 1.25 bits per heavy atom. The first-order valence-corrected chi connectivity index (χ1v) is 10.8. The lowest BCUT2D eigenvalue weighted by Crippen LogP contribution is -2.57. The molecule has 7 atom stereocenters. The smallest absolute Gasteiger partial charge is 0.158 e. The van der Waals surface area contributed by atoms with Gasteiger partial charge in [-0.3, -0.25) is 9.59 Å². The third-order valence-corrected chi connectivity index (χ3v) is 8.16. The van der Waals surface area contributed by atoms with Crippen molar-refractivity contribution in [2.75, 3.05) is 13.2 Å². The van der Waals surface area contributed by atoms with E-state index in [1.165, 1.54) is 5.57 Å². The first kappa shape index (κ1) is 21.7. The Hall–Kier alpha value is -1.04. The van der Waals surface area contributed by atoms with Crippen molar-refractivity contribution >= 4 is 11.6 Å². The molecule has 28 heavy (non-hydrogen) atoms. The lowest BCUT2D eigenvalue weighted by molar-refractivity contribution is -0.148. The minimum Gasteiger partial charge on any atom is -0.396 e. The Labute approximate surface area is 168 Å². The van der Waals surface area contributed by atoms with Crippen LogP contribution in [-0.4, -0.2) is 46.2 Å². The number of hydrogen-bond donors (Lipinski definition) is 3. The average molecular weight is 393 g/mol. The van der Waals surface area contributed by atoms with Gasteiger partial charge in [0.2, 0.25) is 0 Å². The lowest BCUT2D eigenvalue weighted by Gasteiger charge is -2.61. The predicted octanol–water partition coefficient (Wildman–Crippen LogP) is 2.67. The number of Topliss-reactive ketones (excluding diaryl/α,β-unsaturated/α-hetero) is 1. The molecule has 5 nitrogen and oxygen atoms in total. The van der Waals surface area contributed by atoms with Crippen molar-refractivity contribution in [3.63, 3.8) is 0 Å². The van der Waals surface area contributed by atoms with Crippen LogP contribution in [0.2, 0.25) is 0 Å². The molecule has 2 fully saturated rings. The molecule has 0 radical (unpaired) electrons. The van der Waals surface area contributed by atoms with Crippen LogP contribution in [0.15, 0.2) is 11.6 Å². The Kier molecular flexibility index (Phi) is 6.19. The van der Waals surface area contributed by atoms with Crippen LogP contribution in [0, 0.1) is 34.5 Å². The number of fused-ring (bicyclic) bond motifs is 3. The number of rotatable bonds is 6. The van der Waals surface area contributed by atoms with E-state index < -0.39 is 12.7 Å². The predicted molar refractivity (Wildman–Crippen MR) is 106 cm³/mol. The summed E-state index contributed by atoms with van der Waals surface area (Å²) in [6.07, 6.45) is 6.16. The highest BCUT2D eigenvalue weighted by atomic mass is 16.3. The second kappa shape index (κ2) is 8.00. The van der Waals surface area contributed by atoms with E-state index in [4.69, 9.17) is 0 Å². The van der Waals surface area contributed by atoms with Gasteiger partial charge in [-0.25, -0.2) is 0 Å². The van der Waals surface area contributed by atoms with E-state index in [0.717, 1.165) is 25.7 Å². The summed E-state index contributed by atoms with van der Waals surface area (Å²) in [5, 5.41) is 30.0. The summed E-state index contributed by atoms with van der Waals surface area (Å²) >= 11 is 0. The van der Waals surface area contributed by atoms with Gasteiger partial charge in [0.15, 0.2) is 11.6 Å². The molecule has 3 rings (SSSR count). The molecule has 0 saturated heterocycles. The number of hydrogen-bond acceptors (Lipinski definition) is 5. The third-order valence-electron chi connectivity index (χ3n) is 8.16. The maximum Gasteiger partial charge on any atom is 0.158 e. The summed E-state index contributed by atoms with van der Waals surface area (Å²) in [4.78, 5) is 24.4. The fourth-order valence-corrected chi connectivity index (χ4v) is 7.05. The molecule has 3 unspecified atom stereocenters. The van der Waals surface area contributed by atoms with Crippen LogP contribution in [0.3, 0.4) is 0 Å². The second-order valence-corrected chi connectivity index (χ2v) is 10.1. The molecule has 0 aliphatic heterocycles. The average Bonchev–Trinajstić information content (AvgIpc) is 2.61. The monoisotopic (exact) mass is 392 g/mol. The van der Waals surface area contributed by atoms with Crippen LogP contribution in [0.25, 0.3) is 0 Å². The molecule has 3 N–H and O–H groups in total. The van der Waals surface area contributed by atoms with Crippen LogP contribution in [0.4, 0.5) is 0 Å². The maximum absolute atomic E-state index is 12.3. The molecule has 0 aromatic rings. The highest BCUT2D eigenvalue weighted by molar-refractivity contribution is 5.93. The highest BCUT2D eigenvalue weighted by Gasteiger charge is 2.59. The van der Waals surface area contributed by atoms with Crippen molar-refractivity contribution in [2.45, 2.75) is 71.8 Å². The fourth-order valence-electron chi connectivity index (χ4n) is 7.05. The number of carbonyl (C=O) groups excluding carboxylic acids is 2. The first-order chi connectivity index (χ1) is 13.2. The van der Waals surface area contributed by atoms with Gasteiger partial charge in [0.25, 0.3) is 0 Å². The maximum atomic E-state index is 12.3. The van der Waals surface area contributed by atoms with Gasteiger partial charge in [-0.1, -0.05) is 26.3 Å². The van der Waals surface area contributed by atoms with Gasteiger partial charge < -0.3 is 15.3 Å². The molecule has 0 spiro atoms. The molecule has 3 aliphatic rings. The quantitative estimate of drug-likeness (QED) is 0.646. The molecule has 0 amide bonds. The summed E-state index contributed by atoms with van der Waals surface area (Å²) in [6, 6.07) is 0. The van der Waals surface area contributed by atoms with Gasteiger partial charge in [-0.2, -0.15) is 0 Å². The van der Waals surface area contributed by atoms with Gasteiger partial charge in [-0.15, -0.1) is 0 Å². The van der Waals surface area contributed by atoms with Crippen molar-refractivity contribution in [1.29, 1.82) is 0 Å². The van der Waals surface area contributed by atoms with Gasteiger partial charge >= 0.3 is 0 Å². The first-order valence-electron chi connectivity index (χ1n) is 10.8. The van der Waals surface area contributed by atoms with Crippen LogP contribution in [0.1, 0.15) is 65.7 Å². The van der Waals surface area contributed by atoms with E-state index in [0.29, 0.717) is 12.8 Å². The number of aliphatic hydroxyl groups excluding tert-OH is 3. The molecule has 0 aromatic carbocycles. The van der Waals surface area contributed by atoms with E-state index in [2.05, 4.69) is 13.8 Å². The number of ketones is 2. The van der Waals surface area contributed by atoms with Crippen molar-refractivity contribution in [3.8, 4) is 0 Å². The highest BCUT2D eigenvalue weighted by Crippen LogP contribution is 2.63. The van der Waals surface area contributed by atoms with Gasteiger partial charge in [0.05, 0.1) is 6.10 Å². The molecule has 3 aliphatic carbocycles. The van der Waals surface area contributed by atoms with E-state index in [-0.39, 0.29) is 59.1 Å². The minimum atomic E-state index is -0.527. The Morgan fingerprint density at radius 2 is 1.96 bits per heavy atom. The molecule has 0 bridgehead atoms. The lowest BCUT2D eigenvalue weighted by atomic mass is 9.44. The molecule has 0 aromatic heterocycles. The van der Waals surface area contributed by atoms with E-state index >= 15 is 0 Å². The SMILES string of the molecule is CC1C[C@@]2(C)C(=CC1=O)CC[C@H]1C(CCCO)C(C)(CC(=O)CO)C[C@H](O)[C@@H]12. The molecule has 2 saturated carbocycles. The topological polar surface area (TPSA) is 94.8 Å². The van der Waals surface area contributed by atoms with Crippen molar-refractivity contribution in [3.05, 3.63) is 11.6 Å². The summed E-state index contributed by atoms with van der Waals surface area (Å²) in [6.45, 7) is 5.92. The summed E-state index contributed by atoms with van der Waals surface area (Å²) in [5.74, 6) is 0.543. The summed E-state index contributed by atoms with van der Waals surface area (Å²) in [5.41, 5.74) is 0.630. The van der Waals surface area contributed by atoms with Gasteiger partial charge in [0, 0.05) is 18.9 Å². The number of aliphatic hydroxyl groups is 3. The van der Waals surface area contributed by atoms with Gasteiger partial charge in [0.1, 0.15) is 6.61 Å². The van der Waals surface area contributed by atoms with Crippen LogP contribution >= 0.6 is 0 Å². The molecule has 158 valence electrons. The van der Waals surface area contributed by atoms with E-state index in [1.807, 2.05) is 13.0 Å². The Balaban J connectivity index is 1.98.